The minimum atomic E-state index is 0.238. The van der Waals surface area contributed by atoms with Crippen molar-refractivity contribution in [3.63, 3.8) is 0 Å². The van der Waals surface area contributed by atoms with Crippen LogP contribution in [0.2, 0.25) is 0 Å². The van der Waals surface area contributed by atoms with Gasteiger partial charge in [0.15, 0.2) is 11.5 Å². The fraction of sp³-hybridized carbons (Fsp3) is 0.455. The third-order valence-electron chi connectivity index (χ3n) is 2.50. The fourth-order valence-electron chi connectivity index (χ4n) is 1.69. The number of nitrogen functional groups attached to an aromatic ring is 1. The molecule has 3 N–H and O–H groups in total. The third-order valence-corrected chi connectivity index (χ3v) is 2.50. The number of nitrogens with one attached hydrogen (secondary N) is 1. The molecule has 2 rings (SSSR count). The number of hydrogen-bond acceptors (Lipinski definition) is 4. The van der Waals surface area contributed by atoms with E-state index in [4.69, 9.17) is 15.2 Å². The maximum Gasteiger partial charge on any atom is 0.162 e. The number of rotatable bonds is 3. The van der Waals surface area contributed by atoms with Gasteiger partial charge in [-0.25, -0.2) is 0 Å². The Morgan fingerprint density at radius 3 is 2.93 bits per heavy atom. The van der Waals surface area contributed by atoms with E-state index < -0.39 is 0 Å². The molecule has 0 amide bonds. The van der Waals surface area contributed by atoms with Crippen molar-refractivity contribution in [1.82, 2.24) is 5.32 Å². The van der Waals surface area contributed by atoms with Crippen LogP contribution in [0.1, 0.15) is 6.42 Å². The molecular weight excluding hydrogens is 192 g/mol. The van der Waals surface area contributed by atoms with Gasteiger partial charge in [0.05, 0.1) is 7.11 Å². The van der Waals surface area contributed by atoms with Crippen molar-refractivity contribution in [3.05, 3.63) is 18.2 Å². The highest BCUT2D eigenvalue weighted by molar-refractivity contribution is 5.52. The van der Waals surface area contributed by atoms with E-state index in [1.807, 2.05) is 12.1 Å². The van der Waals surface area contributed by atoms with Gasteiger partial charge in [0.1, 0.15) is 6.10 Å². The largest absolute Gasteiger partial charge is 0.493 e. The molecule has 0 bridgehead atoms. The molecular formula is C11H16N2O2. The molecule has 0 saturated carbocycles. The fourth-order valence-corrected chi connectivity index (χ4v) is 1.69. The van der Waals surface area contributed by atoms with Gasteiger partial charge in [0.2, 0.25) is 0 Å². The number of methoxy groups -OCH3 is 1. The highest BCUT2D eigenvalue weighted by atomic mass is 16.5. The van der Waals surface area contributed by atoms with E-state index in [9.17, 15) is 0 Å². The molecule has 0 aliphatic carbocycles. The lowest BCUT2D eigenvalue weighted by atomic mass is 10.2. The van der Waals surface area contributed by atoms with E-state index in [1.54, 1.807) is 13.2 Å². The lowest BCUT2D eigenvalue weighted by Gasteiger charge is -2.15. The Balaban J connectivity index is 2.12. The Morgan fingerprint density at radius 2 is 2.27 bits per heavy atom. The molecule has 15 heavy (non-hydrogen) atoms. The van der Waals surface area contributed by atoms with Crippen LogP contribution in [0.25, 0.3) is 0 Å². The SMILES string of the molecule is COc1cc(N)ccc1OC1CCNC1. The van der Waals surface area contributed by atoms with Crippen molar-refractivity contribution in [3.8, 4) is 11.5 Å². The van der Waals surface area contributed by atoms with Gasteiger partial charge in [-0.2, -0.15) is 0 Å². The van der Waals surface area contributed by atoms with Crippen LogP contribution in [0.15, 0.2) is 18.2 Å². The number of anilines is 1. The van der Waals surface area contributed by atoms with Crippen molar-refractivity contribution < 1.29 is 9.47 Å². The molecule has 0 spiro atoms. The van der Waals surface area contributed by atoms with E-state index in [0.717, 1.165) is 25.3 Å². The average Bonchev–Trinajstić information content (AvgIpc) is 2.73. The first kappa shape index (κ1) is 10.1. The van der Waals surface area contributed by atoms with E-state index >= 15 is 0 Å². The molecule has 1 saturated heterocycles. The molecule has 1 aromatic rings. The average molecular weight is 208 g/mol. The molecule has 4 nitrogen and oxygen atoms in total. The molecule has 82 valence electrons. The third kappa shape index (κ3) is 2.33. The summed E-state index contributed by atoms with van der Waals surface area (Å²) in [5.74, 6) is 1.46. The molecule has 1 aromatic carbocycles. The van der Waals surface area contributed by atoms with E-state index in [2.05, 4.69) is 5.32 Å². The van der Waals surface area contributed by atoms with Gasteiger partial charge in [0, 0.05) is 18.3 Å². The number of hydrogen-bond donors (Lipinski definition) is 2. The quantitative estimate of drug-likeness (QED) is 0.728. The predicted octanol–water partition coefficient (Wildman–Crippen LogP) is 1.02. The van der Waals surface area contributed by atoms with Crippen molar-refractivity contribution in [2.24, 2.45) is 0 Å². The summed E-state index contributed by atoms with van der Waals surface area (Å²) >= 11 is 0. The summed E-state index contributed by atoms with van der Waals surface area (Å²) in [6.45, 7) is 1.91. The van der Waals surface area contributed by atoms with Gasteiger partial charge < -0.3 is 20.5 Å². The number of benzene rings is 1. The number of ether oxygens (including phenoxy) is 2. The molecule has 1 heterocycles. The van der Waals surface area contributed by atoms with Gasteiger partial charge in [-0.15, -0.1) is 0 Å². The zero-order valence-electron chi connectivity index (χ0n) is 8.82. The molecule has 4 heteroatoms. The van der Waals surface area contributed by atoms with Crippen molar-refractivity contribution >= 4 is 5.69 Å². The Morgan fingerprint density at radius 1 is 1.40 bits per heavy atom. The maximum absolute atomic E-state index is 5.81. The number of nitrogens with two attached hydrogens (primary N) is 1. The monoisotopic (exact) mass is 208 g/mol. The predicted molar refractivity (Wildman–Crippen MR) is 59.3 cm³/mol. The van der Waals surface area contributed by atoms with Gasteiger partial charge in [-0.05, 0) is 25.1 Å². The normalized spacial score (nSPS) is 20.2. The minimum Gasteiger partial charge on any atom is -0.493 e. The van der Waals surface area contributed by atoms with E-state index in [0.29, 0.717) is 11.4 Å². The second-order valence-corrected chi connectivity index (χ2v) is 3.64. The van der Waals surface area contributed by atoms with Crippen molar-refractivity contribution in [2.45, 2.75) is 12.5 Å². The van der Waals surface area contributed by atoms with Crippen LogP contribution in [-0.4, -0.2) is 26.3 Å². The summed E-state index contributed by atoms with van der Waals surface area (Å²) < 4.78 is 11.0. The second kappa shape index (κ2) is 4.40. The van der Waals surface area contributed by atoms with Crippen LogP contribution in [0.4, 0.5) is 5.69 Å². The Labute approximate surface area is 89.4 Å². The maximum atomic E-state index is 5.81. The first-order valence-corrected chi connectivity index (χ1v) is 5.10. The van der Waals surface area contributed by atoms with Gasteiger partial charge in [-0.3, -0.25) is 0 Å². The molecule has 1 aliphatic rings. The molecule has 1 atom stereocenters. The summed E-state index contributed by atoms with van der Waals surface area (Å²) in [5, 5.41) is 3.25. The first-order chi connectivity index (χ1) is 7.29. The van der Waals surface area contributed by atoms with E-state index in [-0.39, 0.29) is 6.10 Å². The molecule has 0 radical (unpaired) electrons. The Hall–Kier alpha value is -1.42. The first-order valence-electron chi connectivity index (χ1n) is 5.10. The highest BCUT2D eigenvalue weighted by Gasteiger charge is 2.17. The smallest absolute Gasteiger partial charge is 0.162 e. The van der Waals surface area contributed by atoms with Gasteiger partial charge >= 0.3 is 0 Å². The lowest BCUT2D eigenvalue weighted by molar-refractivity contribution is 0.213. The second-order valence-electron chi connectivity index (χ2n) is 3.64. The minimum absolute atomic E-state index is 0.238. The molecule has 1 unspecified atom stereocenters. The van der Waals surface area contributed by atoms with Crippen LogP contribution in [0.5, 0.6) is 11.5 Å². The van der Waals surface area contributed by atoms with Gasteiger partial charge in [-0.1, -0.05) is 0 Å². The Bertz CT molecular complexity index is 335. The van der Waals surface area contributed by atoms with Crippen LogP contribution in [0, 0.1) is 0 Å². The molecule has 0 aromatic heterocycles. The van der Waals surface area contributed by atoms with Crippen molar-refractivity contribution in [2.75, 3.05) is 25.9 Å². The highest BCUT2D eigenvalue weighted by Crippen LogP contribution is 2.30. The molecule has 1 fully saturated rings. The van der Waals surface area contributed by atoms with E-state index in [1.165, 1.54) is 0 Å². The summed E-state index contributed by atoms with van der Waals surface area (Å²) in [7, 11) is 1.62. The zero-order valence-corrected chi connectivity index (χ0v) is 8.82. The summed E-state index contributed by atoms with van der Waals surface area (Å²) in [4.78, 5) is 0. The van der Waals surface area contributed by atoms with Crippen LogP contribution >= 0.6 is 0 Å². The van der Waals surface area contributed by atoms with Crippen LogP contribution in [-0.2, 0) is 0 Å². The Kier molecular flexibility index (Phi) is 2.97. The van der Waals surface area contributed by atoms with Crippen LogP contribution < -0.4 is 20.5 Å². The lowest BCUT2D eigenvalue weighted by Crippen LogP contribution is -2.19. The summed E-state index contributed by atoms with van der Waals surface area (Å²) in [6.07, 6.45) is 1.27. The van der Waals surface area contributed by atoms with Gasteiger partial charge in [0.25, 0.3) is 0 Å². The summed E-state index contributed by atoms with van der Waals surface area (Å²) in [6, 6.07) is 5.45. The molecule has 1 aliphatic heterocycles. The van der Waals surface area contributed by atoms with Crippen LogP contribution in [0.3, 0.4) is 0 Å². The topological polar surface area (TPSA) is 56.5 Å². The van der Waals surface area contributed by atoms with Crippen molar-refractivity contribution in [1.29, 1.82) is 0 Å². The summed E-state index contributed by atoms with van der Waals surface area (Å²) in [5.41, 5.74) is 6.35. The standard InChI is InChI=1S/C11H16N2O2/c1-14-11-6-8(12)2-3-10(11)15-9-4-5-13-7-9/h2-3,6,9,13H,4-5,7,12H2,1H3. The zero-order chi connectivity index (χ0) is 10.7.